The molecule has 2 aromatic carbocycles. The van der Waals surface area contributed by atoms with E-state index < -0.39 is 0 Å². The lowest BCUT2D eigenvalue weighted by atomic mass is 10.0. The van der Waals surface area contributed by atoms with Crippen LogP contribution >= 0.6 is 12.4 Å². The molecule has 0 radical (unpaired) electrons. The van der Waals surface area contributed by atoms with Crippen LogP contribution in [0.5, 0.6) is 0 Å². The average Bonchev–Trinajstić information content (AvgIpc) is 2.48. The van der Waals surface area contributed by atoms with Crippen molar-refractivity contribution in [3.8, 4) is 0 Å². The quantitative estimate of drug-likeness (QED) is 0.915. The minimum absolute atomic E-state index is 0. The normalized spacial score (nSPS) is 18.0. The second-order valence-corrected chi connectivity index (χ2v) is 5.43. The van der Waals surface area contributed by atoms with Gasteiger partial charge in [-0.2, -0.15) is 0 Å². The number of hydrogen-bond donors (Lipinski definition) is 2. The Morgan fingerprint density at radius 1 is 1.19 bits per heavy atom. The Kier molecular flexibility index (Phi) is 5.59. The molecule has 2 N–H and O–H groups in total. The molecule has 4 heteroatoms. The van der Waals surface area contributed by atoms with Gasteiger partial charge in [0.05, 0.1) is 6.42 Å². The number of benzene rings is 2. The summed E-state index contributed by atoms with van der Waals surface area (Å²) >= 11 is 0. The number of rotatable bonds is 3. The van der Waals surface area contributed by atoms with Gasteiger partial charge in [-0.3, -0.25) is 4.79 Å². The van der Waals surface area contributed by atoms with Gasteiger partial charge in [-0.05, 0) is 35.7 Å². The van der Waals surface area contributed by atoms with E-state index in [9.17, 15) is 4.79 Å². The molecule has 0 aliphatic carbocycles. The minimum atomic E-state index is 0. The fourth-order valence-corrected chi connectivity index (χ4v) is 2.87. The summed E-state index contributed by atoms with van der Waals surface area (Å²) in [6.07, 6.45) is 2.67. The smallest absolute Gasteiger partial charge is 0.224 e. The Balaban J connectivity index is 0.00000161. The molecule has 0 bridgehead atoms. The topological polar surface area (TPSA) is 41.1 Å². The van der Waals surface area contributed by atoms with Gasteiger partial charge in [0.15, 0.2) is 0 Å². The molecule has 0 saturated carbocycles. The summed E-state index contributed by atoms with van der Waals surface area (Å²) in [7, 11) is 0. The SMILES string of the molecule is Cl.O=C(Cc1cccc2ccccc12)N[C@H]1CCCNC1. The van der Waals surface area contributed by atoms with Gasteiger partial charge in [-0.1, -0.05) is 42.5 Å². The van der Waals surface area contributed by atoms with Crippen LogP contribution in [0.15, 0.2) is 42.5 Å². The number of halogens is 1. The Morgan fingerprint density at radius 3 is 2.81 bits per heavy atom. The maximum absolute atomic E-state index is 12.2. The van der Waals surface area contributed by atoms with Crippen molar-refractivity contribution in [2.24, 2.45) is 0 Å². The van der Waals surface area contributed by atoms with Crippen molar-refractivity contribution in [1.29, 1.82) is 0 Å². The highest BCUT2D eigenvalue weighted by atomic mass is 35.5. The first kappa shape index (κ1) is 15.8. The lowest BCUT2D eigenvalue weighted by Gasteiger charge is -2.23. The Bertz CT molecular complexity index is 603. The number of carbonyl (C=O) groups is 1. The predicted octanol–water partition coefficient (Wildman–Crippen LogP) is 2.67. The van der Waals surface area contributed by atoms with Crippen molar-refractivity contribution in [2.45, 2.75) is 25.3 Å². The van der Waals surface area contributed by atoms with Crippen molar-refractivity contribution >= 4 is 29.1 Å². The molecule has 0 aromatic heterocycles. The number of fused-ring (bicyclic) bond motifs is 1. The summed E-state index contributed by atoms with van der Waals surface area (Å²) in [4.78, 5) is 12.2. The van der Waals surface area contributed by atoms with E-state index in [1.807, 2.05) is 24.3 Å². The zero-order valence-corrected chi connectivity index (χ0v) is 12.8. The first-order valence-electron chi connectivity index (χ1n) is 7.29. The van der Waals surface area contributed by atoms with Crippen molar-refractivity contribution in [1.82, 2.24) is 10.6 Å². The highest BCUT2D eigenvalue weighted by Gasteiger charge is 2.15. The second kappa shape index (κ2) is 7.43. The van der Waals surface area contributed by atoms with Gasteiger partial charge in [0.25, 0.3) is 0 Å². The predicted molar refractivity (Wildman–Crippen MR) is 88.9 cm³/mol. The average molecular weight is 305 g/mol. The van der Waals surface area contributed by atoms with Crippen LogP contribution in [0.1, 0.15) is 18.4 Å². The third kappa shape index (κ3) is 3.96. The maximum atomic E-state index is 12.2. The zero-order valence-electron chi connectivity index (χ0n) is 12.0. The minimum Gasteiger partial charge on any atom is -0.352 e. The first-order valence-corrected chi connectivity index (χ1v) is 7.29. The molecule has 112 valence electrons. The highest BCUT2D eigenvalue weighted by Crippen LogP contribution is 2.18. The molecule has 3 rings (SSSR count). The number of amides is 1. The molecule has 1 aliphatic rings. The summed E-state index contributed by atoms with van der Waals surface area (Å²) < 4.78 is 0. The first-order chi connectivity index (χ1) is 9.83. The zero-order chi connectivity index (χ0) is 13.8. The van der Waals surface area contributed by atoms with Crippen LogP contribution in [0.4, 0.5) is 0 Å². The van der Waals surface area contributed by atoms with Gasteiger partial charge < -0.3 is 10.6 Å². The van der Waals surface area contributed by atoms with E-state index in [0.29, 0.717) is 6.42 Å². The van der Waals surface area contributed by atoms with Crippen LogP contribution in [0.2, 0.25) is 0 Å². The monoisotopic (exact) mass is 304 g/mol. The number of nitrogens with one attached hydrogen (secondary N) is 2. The van der Waals surface area contributed by atoms with Crippen LogP contribution in [0, 0.1) is 0 Å². The molecule has 3 nitrogen and oxygen atoms in total. The molecule has 1 amide bonds. The summed E-state index contributed by atoms with van der Waals surface area (Å²) in [6.45, 7) is 1.96. The van der Waals surface area contributed by atoms with Crippen molar-refractivity contribution < 1.29 is 4.79 Å². The van der Waals surface area contributed by atoms with E-state index in [0.717, 1.165) is 31.5 Å². The summed E-state index contributed by atoms with van der Waals surface area (Å²) in [5.74, 6) is 0.120. The third-order valence-electron chi connectivity index (χ3n) is 3.89. The van der Waals surface area contributed by atoms with Crippen LogP contribution in [0.3, 0.4) is 0 Å². The van der Waals surface area contributed by atoms with Crippen molar-refractivity contribution in [3.05, 3.63) is 48.0 Å². The molecule has 0 unspecified atom stereocenters. The third-order valence-corrected chi connectivity index (χ3v) is 3.89. The summed E-state index contributed by atoms with van der Waals surface area (Å²) in [6, 6.07) is 14.7. The van der Waals surface area contributed by atoms with Gasteiger partial charge in [0.1, 0.15) is 0 Å². The van der Waals surface area contributed by atoms with Crippen molar-refractivity contribution in [2.75, 3.05) is 13.1 Å². The van der Waals surface area contributed by atoms with Gasteiger partial charge in [-0.25, -0.2) is 0 Å². The Morgan fingerprint density at radius 2 is 2.00 bits per heavy atom. The molecule has 1 aliphatic heterocycles. The van der Waals surface area contributed by atoms with Gasteiger partial charge in [0.2, 0.25) is 5.91 Å². The van der Waals surface area contributed by atoms with Crippen LogP contribution in [0.25, 0.3) is 10.8 Å². The number of carbonyl (C=O) groups excluding carboxylic acids is 1. The number of hydrogen-bond acceptors (Lipinski definition) is 2. The fraction of sp³-hybridized carbons (Fsp3) is 0.353. The van der Waals surface area contributed by atoms with E-state index in [1.165, 1.54) is 10.8 Å². The van der Waals surface area contributed by atoms with Gasteiger partial charge >= 0.3 is 0 Å². The van der Waals surface area contributed by atoms with Crippen LogP contribution in [-0.4, -0.2) is 25.0 Å². The Labute approximate surface area is 131 Å². The maximum Gasteiger partial charge on any atom is 0.224 e. The lowest BCUT2D eigenvalue weighted by Crippen LogP contribution is -2.46. The lowest BCUT2D eigenvalue weighted by molar-refractivity contribution is -0.121. The van der Waals surface area contributed by atoms with Gasteiger partial charge in [0, 0.05) is 12.6 Å². The standard InChI is InChI=1S/C17H20N2O.ClH/c20-17(19-15-8-4-10-18-12-15)11-14-7-3-6-13-5-1-2-9-16(13)14;/h1-3,5-7,9,15,18H,4,8,10-12H2,(H,19,20);1H/t15-;/m0./s1. The highest BCUT2D eigenvalue weighted by molar-refractivity contribution is 5.90. The molecule has 0 spiro atoms. The van der Waals surface area contributed by atoms with Crippen LogP contribution in [-0.2, 0) is 11.2 Å². The molecule has 1 atom stereocenters. The molecule has 2 aromatic rings. The van der Waals surface area contributed by atoms with E-state index in [4.69, 9.17) is 0 Å². The summed E-state index contributed by atoms with van der Waals surface area (Å²) in [5, 5.41) is 8.81. The summed E-state index contributed by atoms with van der Waals surface area (Å²) in [5.41, 5.74) is 1.10. The molecular formula is C17H21ClN2O. The largest absolute Gasteiger partial charge is 0.352 e. The Hall–Kier alpha value is -1.58. The molecule has 1 saturated heterocycles. The van der Waals surface area contributed by atoms with E-state index in [1.54, 1.807) is 0 Å². The van der Waals surface area contributed by atoms with E-state index in [-0.39, 0.29) is 24.4 Å². The van der Waals surface area contributed by atoms with E-state index in [2.05, 4.69) is 28.8 Å². The molecule has 1 fully saturated rings. The molecule has 1 heterocycles. The fourth-order valence-electron chi connectivity index (χ4n) is 2.87. The van der Waals surface area contributed by atoms with E-state index >= 15 is 0 Å². The molecule has 21 heavy (non-hydrogen) atoms. The number of piperidine rings is 1. The second-order valence-electron chi connectivity index (χ2n) is 5.43. The molecular weight excluding hydrogens is 284 g/mol. The van der Waals surface area contributed by atoms with Crippen molar-refractivity contribution in [3.63, 3.8) is 0 Å². The van der Waals surface area contributed by atoms with Crippen LogP contribution < -0.4 is 10.6 Å². The van der Waals surface area contributed by atoms with Gasteiger partial charge in [-0.15, -0.1) is 12.4 Å².